The molecule has 0 spiro atoms. The smallest absolute Gasteiger partial charge is 0.254 e. The largest absolute Gasteiger partial charge is 0.348 e. The number of halogens is 1. The van der Waals surface area contributed by atoms with E-state index in [0.717, 1.165) is 16.8 Å². The van der Waals surface area contributed by atoms with Crippen molar-refractivity contribution >= 4 is 29.1 Å². The second-order valence-electron chi connectivity index (χ2n) is 6.08. The Hall–Kier alpha value is -3.12. The lowest BCUT2D eigenvalue weighted by atomic mass is 10.2. The number of hydrogen-bond donors (Lipinski definition) is 2. The molecule has 0 aliphatic heterocycles. The first-order valence-electron chi connectivity index (χ1n) is 8.42. The molecule has 6 nitrogen and oxygen atoms in total. The normalized spacial score (nSPS) is 10.4. The third-order valence-electron chi connectivity index (χ3n) is 3.91. The summed E-state index contributed by atoms with van der Waals surface area (Å²) in [6.45, 7) is 2.34. The van der Waals surface area contributed by atoms with Crippen molar-refractivity contribution in [3.63, 3.8) is 0 Å². The van der Waals surface area contributed by atoms with E-state index in [4.69, 9.17) is 11.6 Å². The summed E-state index contributed by atoms with van der Waals surface area (Å²) in [5, 5.41) is 10.5. The third-order valence-corrected chi connectivity index (χ3v) is 4.28. The van der Waals surface area contributed by atoms with Crippen LogP contribution >= 0.6 is 11.6 Å². The zero-order valence-corrected chi connectivity index (χ0v) is 15.5. The number of hydrogen-bond acceptors (Lipinski definition) is 3. The number of carbonyl (C=O) groups is 2. The van der Waals surface area contributed by atoms with Gasteiger partial charge in [-0.25, -0.2) is 0 Å². The van der Waals surface area contributed by atoms with E-state index in [9.17, 15) is 9.59 Å². The highest BCUT2D eigenvalue weighted by Gasteiger charge is 2.09. The summed E-state index contributed by atoms with van der Waals surface area (Å²) in [4.78, 5) is 23.3. The Labute approximate surface area is 162 Å². The standard InChI is InChI=1S/C20H19ClN4O2/c1-14(26)24-18-8-6-15(7-9-18)10-22-20(27)17-11-23-25(13-17)12-16-4-2-3-5-19(16)21/h2-9,11,13H,10,12H2,1H3,(H,22,27)(H,24,26). The van der Waals surface area contributed by atoms with Crippen molar-refractivity contribution in [2.75, 3.05) is 5.32 Å². The van der Waals surface area contributed by atoms with E-state index in [2.05, 4.69) is 15.7 Å². The van der Waals surface area contributed by atoms with Gasteiger partial charge in [0, 0.05) is 30.4 Å². The van der Waals surface area contributed by atoms with E-state index in [1.807, 2.05) is 36.4 Å². The highest BCUT2D eigenvalue weighted by Crippen LogP contribution is 2.16. The molecule has 0 aliphatic carbocycles. The highest BCUT2D eigenvalue weighted by molar-refractivity contribution is 6.31. The number of nitrogens with one attached hydrogen (secondary N) is 2. The van der Waals surface area contributed by atoms with Crippen LogP contribution in [0, 0.1) is 0 Å². The second-order valence-corrected chi connectivity index (χ2v) is 6.49. The lowest BCUT2D eigenvalue weighted by Gasteiger charge is -2.06. The molecular weight excluding hydrogens is 364 g/mol. The van der Waals surface area contributed by atoms with Crippen molar-refractivity contribution in [3.8, 4) is 0 Å². The Morgan fingerprint density at radius 2 is 1.85 bits per heavy atom. The first kappa shape index (κ1) is 18.7. The molecule has 0 saturated heterocycles. The maximum atomic E-state index is 12.3. The van der Waals surface area contributed by atoms with Crippen molar-refractivity contribution in [2.24, 2.45) is 0 Å². The summed E-state index contributed by atoms with van der Waals surface area (Å²) in [5.74, 6) is -0.323. The molecule has 0 unspecified atom stereocenters. The number of carbonyl (C=O) groups excluding carboxylic acids is 2. The molecule has 3 aromatic rings. The molecule has 0 bridgehead atoms. The van der Waals surface area contributed by atoms with Gasteiger partial charge in [-0.1, -0.05) is 41.9 Å². The van der Waals surface area contributed by atoms with Gasteiger partial charge in [0.15, 0.2) is 0 Å². The van der Waals surface area contributed by atoms with Crippen LogP contribution in [0.1, 0.15) is 28.4 Å². The molecule has 27 heavy (non-hydrogen) atoms. The Kier molecular flexibility index (Phi) is 5.88. The molecule has 3 rings (SSSR count). The van der Waals surface area contributed by atoms with Gasteiger partial charge in [0.25, 0.3) is 5.91 Å². The number of aromatic nitrogens is 2. The van der Waals surface area contributed by atoms with Gasteiger partial charge in [-0.05, 0) is 29.3 Å². The van der Waals surface area contributed by atoms with Crippen LogP contribution in [0.5, 0.6) is 0 Å². The molecule has 0 fully saturated rings. The average molecular weight is 383 g/mol. The molecule has 0 atom stereocenters. The van der Waals surface area contributed by atoms with Gasteiger partial charge in [-0.2, -0.15) is 5.10 Å². The number of rotatable bonds is 6. The molecule has 2 amide bonds. The number of amides is 2. The molecule has 138 valence electrons. The number of benzene rings is 2. The van der Waals surface area contributed by atoms with Crippen LogP contribution in [0.15, 0.2) is 60.9 Å². The molecule has 1 aromatic heterocycles. The lowest BCUT2D eigenvalue weighted by Crippen LogP contribution is -2.22. The highest BCUT2D eigenvalue weighted by atomic mass is 35.5. The van der Waals surface area contributed by atoms with Gasteiger partial charge in [-0.15, -0.1) is 0 Å². The summed E-state index contributed by atoms with van der Waals surface area (Å²) in [6.07, 6.45) is 3.23. The Bertz CT molecular complexity index is 951. The van der Waals surface area contributed by atoms with E-state index in [1.54, 1.807) is 23.0 Å². The minimum absolute atomic E-state index is 0.121. The van der Waals surface area contributed by atoms with Gasteiger partial charge in [0.1, 0.15) is 0 Å². The Morgan fingerprint density at radius 3 is 2.56 bits per heavy atom. The van der Waals surface area contributed by atoms with E-state index in [-0.39, 0.29) is 11.8 Å². The van der Waals surface area contributed by atoms with Crippen molar-refractivity contribution in [1.29, 1.82) is 0 Å². The minimum Gasteiger partial charge on any atom is -0.348 e. The quantitative estimate of drug-likeness (QED) is 0.685. The van der Waals surface area contributed by atoms with Crippen LogP contribution in [-0.4, -0.2) is 21.6 Å². The van der Waals surface area contributed by atoms with Crippen LogP contribution in [0.3, 0.4) is 0 Å². The fourth-order valence-electron chi connectivity index (χ4n) is 2.56. The number of nitrogens with zero attached hydrogens (tertiary/aromatic N) is 2. The monoisotopic (exact) mass is 382 g/mol. The number of anilines is 1. The zero-order valence-electron chi connectivity index (χ0n) is 14.8. The van der Waals surface area contributed by atoms with E-state index in [1.165, 1.54) is 13.1 Å². The van der Waals surface area contributed by atoms with Gasteiger partial charge in [0.2, 0.25) is 5.91 Å². The van der Waals surface area contributed by atoms with Gasteiger partial charge >= 0.3 is 0 Å². The zero-order chi connectivity index (χ0) is 19.2. The van der Waals surface area contributed by atoms with Crippen molar-refractivity contribution in [3.05, 3.63) is 82.6 Å². The maximum Gasteiger partial charge on any atom is 0.254 e. The average Bonchev–Trinajstić information content (AvgIpc) is 3.11. The predicted octanol–water partition coefficient (Wildman–Crippen LogP) is 3.47. The third kappa shape index (κ3) is 5.18. The summed E-state index contributed by atoms with van der Waals surface area (Å²) >= 11 is 6.16. The van der Waals surface area contributed by atoms with E-state index in [0.29, 0.717) is 23.7 Å². The van der Waals surface area contributed by atoms with Gasteiger partial charge in [-0.3, -0.25) is 14.3 Å². The maximum absolute atomic E-state index is 12.3. The molecule has 0 radical (unpaired) electrons. The Morgan fingerprint density at radius 1 is 1.11 bits per heavy atom. The molecule has 7 heteroatoms. The SMILES string of the molecule is CC(=O)Nc1ccc(CNC(=O)c2cnn(Cc3ccccc3Cl)c2)cc1. The lowest BCUT2D eigenvalue weighted by molar-refractivity contribution is -0.114. The van der Waals surface area contributed by atoms with Crippen LogP contribution in [0.2, 0.25) is 5.02 Å². The second kappa shape index (κ2) is 8.51. The predicted molar refractivity (Wildman–Crippen MR) is 105 cm³/mol. The van der Waals surface area contributed by atoms with Crippen molar-refractivity contribution in [2.45, 2.75) is 20.0 Å². The van der Waals surface area contributed by atoms with Crippen molar-refractivity contribution in [1.82, 2.24) is 15.1 Å². The van der Waals surface area contributed by atoms with Crippen LogP contribution in [0.4, 0.5) is 5.69 Å². The van der Waals surface area contributed by atoms with Gasteiger partial charge in [0.05, 0.1) is 18.3 Å². The summed E-state index contributed by atoms with van der Waals surface area (Å²) in [6, 6.07) is 14.8. The van der Waals surface area contributed by atoms with Crippen molar-refractivity contribution < 1.29 is 9.59 Å². The fourth-order valence-corrected chi connectivity index (χ4v) is 2.76. The molecule has 2 aromatic carbocycles. The first-order valence-corrected chi connectivity index (χ1v) is 8.79. The Balaban J connectivity index is 1.56. The summed E-state index contributed by atoms with van der Waals surface area (Å²) in [7, 11) is 0. The van der Waals surface area contributed by atoms with Crippen LogP contribution in [0.25, 0.3) is 0 Å². The molecule has 0 saturated carbocycles. The first-order chi connectivity index (χ1) is 13.0. The van der Waals surface area contributed by atoms with Crippen LogP contribution in [-0.2, 0) is 17.9 Å². The molecular formula is C20H19ClN4O2. The summed E-state index contributed by atoms with van der Waals surface area (Å²) in [5.41, 5.74) is 3.07. The molecule has 1 heterocycles. The van der Waals surface area contributed by atoms with E-state index < -0.39 is 0 Å². The molecule has 2 N–H and O–H groups in total. The topological polar surface area (TPSA) is 76.0 Å². The fraction of sp³-hybridized carbons (Fsp3) is 0.150. The minimum atomic E-state index is -0.202. The van der Waals surface area contributed by atoms with Gasteiger partial charge < -0.3 is 10.6 Å². The molecule has 0 aliphatic rings. The summed E-state index contributed by atoms with van der Waals surface area (Å²) < 4.78 is 1.68. The van der Waals surface area contributed by atoms with Crippen LogP contribution < -0.4 is 10.6 Å². The van der Waals surface area contributed by atoms with E-state index >= 15 is 0 Å².